The monoisotopic (exact) mass is 477 g/mol. The molecule has 7 nitrogen and oxygen atoms in total. The van der Waals surface area contributed by atoms with Crippen molar-refractivity contribution in [1.29, 1.82) is 0 Å². The van der Waals surface area contributed by atoms with E-state index in [1.54, 1.807) is 0 Å². The first-order valence-electron chi connectivity index (χ1n) is 11.2. The summed E-state index contributed by atoms with van der Waals surface area (Å²) in [6, 6.07) is 14.5. The van der Waals surface area contributed by atoms with Crippen molar-refractivity contribution in [3.8, 4) is 0 Å². The number of ether oxygens (including phenoxy) is 1. The molecule has 10 heteroatoms. The van der Waals surface area contributed by atoms with E-state index in [1.807, 2.05) is 30.3 Å². The van der Waals surface area contributed by atoms with E-state index in [0.717, 1.165) is 41.1 Å². The molecule has 1 saturated heterocycles. The van der Waals surface area contributed by atoms with Gasteiger partial charge in [-0.2, -0.15) is 18.2 Å². The fraction of sp³-hybridized carbons (Fsp3) is 0.417. The minimum atomic E-state index is -4.59. The van der Waals surface area contributed by atoms with E-state index in [1.165, 1.54) is 18.2 Å². The summed E-state index contributed by atoms with van der Waals surface area (Å²) in [7, 11) is 0. The lowest BCUT2D eigenvalue weighted by molar-refractivity contribution is -0.301. The van der Waals surface area contributed by atoms with Gasteiger partial charge < -0.3 is 14.9 Å². The third kappa shape index (κ3) is 5.27. The predicted octanol–water partition coefficient (Wildman–Crippen LogP) is 5.42. The molecule has 4 rings (SSSR count). The van der Waals surface area contributed by atoms with Gasteiger partial charge in [0.2, 0.25) is 5.72 Å². The van der Waals surface area contributed by atoms with E-state index < -0.39 is 36.2 Å². The Hall–Kier alpha value is -3.27. The molecule has 2 fully saturated rings. The summed E-state index contributed by atoms with van der Waals surface area (Å²) in [6.07, 6.45) is -2.48. The fourth-order valence-electron chi connectivity index (χ4n) is 4.37. The minimum absolute atomic E-state index is 0.127. The van der Waals surface area contributed by atoms with Crippen molar-refractivity contribution >= 4 is 12.2 Å². The van der Waals surface area contributed by atoms with Crippen molar-refractivity contribution in [1.82, 2.24) is 15.5 Å². The topological polar surface area (TPSA) is 71.1 Å². The third-order valence-corrected chi connectivity index (χ3v) is 6.03. The first-order chi connectivity index (χ1) is 16.3. The lowest BCUT2D eigenvalue weighted by Gasteiger charge is -2.37. The number of carbonyl (C=O) groups excluding carboxylic acids is 2. The molecule has 2 aromatic rings. The highest BCUT2D eigenvalue weighted by Crippen LogP contribution is 2.42. The number of carbonyl (C=O) groups is 2. The summed E-state index contributed by atoms with van der Waals surface area (Å²) in [6.45, 7) is -0.164. The van der Waals surface area contributed by atoms with E-state index in [4.69, 9.17) is 9.57 Å². The number of nitrogens with zero attached hydrogens (tertiary/aromatic N) is 2. The molecule has 182 valence electrons. The quantitative estimate of drug-likeness (QED) is 0.602. The average molecular weight is 477 g/mol. The first kappa shape index (κ1) is 23.9. The van der Waals surface area contributed by atoms with Crippen molar-refractivity contribution in [3.63, 3.8) is 0 Å². The summed E-state index contributed by atoms with van der Waals surface area (Å²) in [5.41, 5.74) is -1.19. The molecular weight excluding hydrogens is 451 g/mol. The van der Waals surface area contributed by atoms with Crippen LogP contribution < -0.4 is 5.32 Å². The molecule has 2 amide bonds. The predicted molar refractivity (Wildman–Crippen MR) is 116 cm³/mol. The molecule has 2 aromatic carbocycles. The van der Waals surface area contributed by atoms with E-state index in [9.17, 15) is 22.8 Å². The maximum Gasteiger partial charge on any atom is 0.429 e. The Morgan fingerprint density at radius 2 is 1.71 bits per heavy atom. The summed E-state index contributed by atoms with van der Waals surface area (Å²) in [5, 5.41) is 4.62. The van der Waals surface area contributed by atoms with Crippen LogP contribution in [0.3, 0.4) is 0 Å². The number of halogens is 3. The molecule has 0 radical (unpaired) electrons. The van der Waals surface area contributed by atoms with Gasteiger partial charge in [0.1, 0.15) is 0 Å². The number of nitrogens with one attached hydrogen (secondary N) is 1. The Labute approximate surface area is 195 Å². The summed E-state index contributed by atoms with van der Waals surface area (Å²) in [5.74, 6) is 0. The molecule has 1 spiro atoms. The van der Waals surface area contributed by atoms with Gasteiger partial charge in [-0.15, -0.1) is 0 Å². The highest BCUT2D eigenvalue weighted by molar-refractivity contribution is 5.71. The van der Waals surface area contributed by atoms with Crippen molar-refractivity contribution in [3.05, 3.63) is 71.3 Å². The lowest BCUT2D eigenvalue weighted by atomic mass is 9.92. The summed E-state index contributed by atoms with van der Waals surface area (Å²) in [4.78, 5) is 30.9. The standard InChI is InChI=1S/C24H26F3N3O4/c25-24(26,27)20-12-6-5-11-19(20)17-29-22(32)33-23(14-7-2-8-15-23)30(29)34-21(31)28-16-13-18-9-3-1-4-10-18/h1,3-6,9-12H,2,7-8,13-17H2,(H,28,31). The Balaban J connectivity index is 1.51. The van der Waals surface area contributed by atoms with Crippen LogP contribution in [0.25, 0.3) is 0 Å². The largest absolute Gasteiger partial charge is 0.429 e. The van der Waals surface area contributed by atoms with Gasteiger partial charge in [0.25, 0.3) is 0 Å². The highest BCUT2D eigenvalue weighted by atomic mass is 19.4. The Kier molecular flexibility index (Phi) is 6.97. The zero-order valence-electron chi connectivity index (χ0n) is 18.5. The molecule has 1 aliphatic carbocycles. The van der Waals surface area contributed by atoms with Crippen LogP contribution in [0, 0.1) is 0 Å². The molecule has 0 atom stereocenters. The summed E-state index contributed by atoms with van der Waals surface area (Å²) >= 11 is 0. The van der Waals surface area contributed by atoms with Gasteiger partial charge in [0, 0.05) is 24.6 Å². The van der Waals surface area contributed by atoms with Crippen LogP contribution >= 0.6 is 0 Å². The van der Waals surface area contributed by atoms with E-state index in [-0.39, 0.29) is 12.1 Å². The highest BCUT2D eigenvalue weighted by Gasteiger charge is 2.56. The van der Waals surface area contributed by atoms with E-state index in [2.05, 4.69) is 5.32 Å². The maximum absolute atomic E-state index is 13.5. The van der Waals surface area contributed by atoms with Gasteiger partial charge in [-0.25, -0.2) is 9.59 Å². The summed E-state index contributed by atoms with van der Waals surface area (Å²) < 4.78 is 46.1. The zero-order valence-corrected chi connectivity index (χ0v) is 18.5. The molecule has 0 aromatic heterocycles. The molecule has 1 N–H and O–H groups in total. The van der Waals surface area contributed by atoms with Gasteiger partial charge in [0.05, 0.1) is 12.1 Å². The number of benzene rings is 2. The molecule has 34 heavy (non-hydrogen) atoms. The molecule has 1 aliphatic heterocycles. The van der Waals surface area contributed by atoms with Gasteiger partial charge >= 0.3 is 18.4 Å². The Morgan fingerprint density at radius 3 is 2.41 bits per heavy atom. The van der Waals surface area contributed by atoms with Crippen molar-refractivity contribution < 1.29 is 32.3 Å². The number of hydrazine groups is 1. The first-order valence-corrected chi connectivity index (χ1v) is 11.2. The zero-order chi connectivity index (χ0) is 24.2. The van der Waals surface area contributed by atoms with Crippen LogP contribution in [0.15, 0.2) is 54.6 Å². The van der Waals surface area contributed by atoms with Crippen LogP contribution in [0.2, 0.25) is 0 Å². The molecule has 1 heterocycles. The van der Waals surface area contributed by atoms with Crippen molar-refractivity contribution in [2.45, 2.75) is 57.0 Å². The molecule has 1 saturated carbocycles. The molecule has 2 aliphatic rings. The SMILES string of the molecule is O=C(NCCc1ccccc1)ON1N(Cc2ccccc2C(F)(F)F)C(=O)OC12CCCCC2. The smallest absolute Gasteiger partial charge is 0.421 e. The van der Waals surface area contributed by atoms with Crippen molar-refractivity contribution in [2.75, 3.05) is 6.54 Å². The number of rotatable bonds is 6. The van der Waals surface area contributed by atoms with E-state index in [0.29, 0.717) is 19.3 Å². The van der Waals surface area contributed by atoms with Crippen LogP contribution in [0.1, 0.15) is 48.8 Å². The number of amides is 2. The molecule has 0 bridgehead atoms. The van der Waals surface area contributed by atoms with Crippen LogP contribution in [-0.2, 0) is 28.7 Å². The van der Waals surface area contributed by atoms with Crippen LogP contribution in [0.5, 0.6) is 0 Å². The second-order valence-corrected chi connectivity index (χ2v) is 8.40. The second kappa shape index (κ2) is 9.92. The second-order valence-electron chi connectivity index (χ2n) is 8.40. The normalized spacial score (nSPS) is 18.1. The fourth-order valence-corrected chi connectivity index (χ4v) is 4.37. The van der Waals surface area contributed by atoms with E-state index >= 15 is 0 Å². The van der Waals surface area contributed by atoms with Gasteiger partial charge in [0.15, 0.2) is 0 Å². The minimum Gasteiger partial charge on any atom is -0.421 e. The Morgan fingerprint density at radius 1 is 1.03 bits per heavy atom. The average Bonchev–Trinajstić information content (AvgIpc) is 3.04. The number of hydroxylamine groups is 1. The van der Waals surface area contributed by atoms with Crippen LogP contribution in [0.4, 0.5) is 22.8 Å². The maximum atomic E-state index is 13.5. The van der Waals surface area contributed by atoms with Crippen molar-refractivity contribution in [2.24, 2.45) is 0 Å². The van der Waals surface area contributed by atoms with Gasteiger partial charge in [-0.1, -0.05) is 55.0 Å². The van der Waals surface area contributed by atoms with Gasteiger partial charge in [-0.05, 0) is 36.5 Å². The molecule has 0 unspecified atom stereocenters. The van der Waals surface area contributed by atoms with Crippen LogP contribution in [-0.4, -0.2) is 34.6 Å². The molecular formula is C24H26F3N3O4. The number of hydrogen-bond acceptors (Lipinski definition) is 5. The van der Waals surface area contributed by atoms with Gasteiger partial charge in [-0.3, -0.25) is 0 Å². The lowest BCUT2D eigenvalue weighted by Crippen LogP contribution is -2.53. The Bertz CT molecular complexity index is 1010. The third-order valence-electron chi connectivity index (χ3n) is 6.03. The number of hydrogen-bond donors (Lipinski definition) is 1. The number of alkyl halides is 3.